The summed E-state index contributed by atoms with van der Waals surface area (Å²) in [5.41, 5.74) is 0.457. The summed E-state index contributed by atoms with van der Waals surface area (Å²) in [5.74, 6) is 1.92. The van der Waals surface area contributed by atoms with Gasteiger partial charge in [0, 0.05) is 44.5 Å². The molecule has 0 aliphatic carbocycles. The van der Waals surface area contributed by atoms with Crippen LogP contribution in [-0.4, -0.2) is 52.7 Å². The summed E-state index contributed by atoms with van der Waals surface area (Å²) in [4.78, 5) is 23.4. The zero-order valence-electron chi connectivity index (χ0n) is 14.2. The Labute approximate surface area is 141 Å². The number of methoxy groups -OCH3 is 2. The van der Waals surface area contributed by atoms with E-state index in [0.29, 0.717) is 23.9 Å². The van der Waals surface area contributed by atoms with Gasteiger partial charge in [0.1, 0.15) is 11.4 Å². The molecule has 1 atom stereocenters. The van der Waals surface area contributed by atoms with Gasteiger partial charge in [-0.3, -0.25) is 4.79 Å². The molecule has 24 heavy (non-hydrogen) atoms. The van der Waals surface area contributed by atoms with Gasteiger partial charge < -0.3 is 18.9 Å². The van der Waals surface area contributed by atoms with E-state index in [9.17, 15) is 4.79 Å². The maximum absolute atomic E-state index is 12.9. The summed E-state index contributed by atoms with van der Waals surface area (Å²) in [6.07, 6.45) is 5.72. The van der Waals surface area contributed by atoms with Crippen LogP contribution in [-0.2, 0) is 7.05 Å². The molecule has 0 saturated carbocycles. The van der Waals surface area contributed by atoms with E-state index in [4.69, 9.17) is 9.47 Å². The van der Waals surface area contributed by atoms with Crippen molar-refractivity contribution in [1.29, 1.82) is 0 Å². The molecule has 3 heterocycles. The maximum Gasteiger partial charge on any atom is 0.259 e. The van der Waals surface area contributed by atoms with Crippen LogP contribution >= 0.6 is 0 Å². The van der Waals surface area contributed by atoms with Crippen LogP contribution in [0.25, 0.3) is 0 Å². The van der Waals surface area contributed by atoms with Crippen LogP contribution in [0.15, 0.2) is 24.5 Å². The van der Waals surface area contributed by atoms with Crippen molar-refractivity contribution in [3.05, 3.63) is 35.9 Å². The summed E-state index contributed by atoms with van der Waals surface area (Å²) in [7, 11) is 5.02. The highest BCUT2D eigenvalue weighted by atomic mass is 16.5. The van der Waals surface area contributed by atoms with Crippen LogP contribution in [0.1, 0.15) is 34.9 Å². The van der Waals surface area contributed by atoms with Gasteiger partial charge in [-0.15, -0.1) is 0 Å². The van der Waals surface area contributed by atoms with Crippen molar-refractivity contribution in [2.45, 2.75) is 18.8 Å². The molecule has 0 spiro atoms. The van der Waals surface area contributed by atoms with Gasteiger partial charge in [0.2, 0.25) is 11.8 Å². The van der Waals surface area contributed by atoms with Gasteiger partial charge >= 0.3 is 0 Å². The molecule has 2 aromatic heterocycles. The minimum Gasteiger partial charge on any atom is -0.481 e. The lowest BCUT2D eigenvalue weighted by atomic mass is 9.96. The summed E-state index contributed by atoms with van der Waals surface area (Å²) in [6, 6.07) is 3.38. The standard InChI is InChI=1S/C17H22N4O3/c1-20-10-8-18-15(20)12-5-4-9-21(11-12)17(22)13-6-7-14(23-2)19-16(13)24-3/h6-8,10,12H,4-5,9,11H2,1-3H3/t12-/m1/s1. The molecule has 0 radical (unpaired) electrons. The van der Waals surface area contributed by atoms with Crippen LogP contribution in [0.4, 0.5) is 0 Å². The highest BCUT2D eigenvalue weighted by Gasteiger charge is 2.29. The number of ether oxygens (including phenoxy) is 2. The third-order valence-corrected chi connectivity index (χ3v) is 4.40. The van der Waals surface area contributed by atoms with Gasteiger partial charge in [0.05, 0.1) is 14.2 Å². The number of likely N-dealkylation sites (tertiary alicyclic amines) is 1. The lowest BCUT2D eigenvalue weighted by Crippen LogP contribution is -2.39. The zero-order chi connectivity index (χ0) is 17.1. The van der Waals surface area contributed by atoms with Crippen LogP contribution in [0.5, 0.6) is 11.8 Å². The predicted octanol–water partition coefficient (Wildman–Crippen LogP) is 1.85. The molecule has 1 fully saturated rings. The molecule has 0 aromatic carbocycles. The first-order valence-corrected chi connectivity index (χ1v) is 7.99. The number of aryl methyl sites for hydroxylation is 1. The Kier molecular flexibility index (Phi) is 4.69. The van der Waals surface area contributed by atoms with E-state index in [-0.39, 0.29) is 11.8 Å². The van der Waals surface area contributed by atoms with E-state index in [2.05, 4.69) is 9.97 Å². The lowest BCUT2D eigenvalue weighted by Gasteiger charge is -2.32. The Bertz CT molecular complexity index is 728. The quantitative estimate of drug-likeness (QED) is 0.856. The molecular weight excluding hydrogens is 308 g/mol. The first-order valence-electron chi connectivity index (χ1n) is 7.99. The fraction of sp³-hybridized carbons (Fsp3) is 0.471. The molecule has 0 N–H and O–H groups in total. The van der Waals surface area contributed by atoms with Crippen LogP contribution in [0.3, 0.4) is 0 Å². The largest absolute Gasteiger partial charge is 0.481 e. The lowest BCUT2D eigenvalue weighted by molar-refractivity contribution is 0.0699. The molecule has 1 aliphatic rings. The van der Waals surface area contributed by atoms with Crippen molar-refractivity contribution < 1.29 is 14.3 Å². The number of carbonyl (C=O) groups excluding carboxylic acids is 1. The summed E-state index contributed by atoms with van der Waals surface area (Å²) in [6.45, 7) is 1.38. The van der Waals surface area contributed by atoms with Crippen LogP contribution in [0, 0.1) is 0 Å². The SMILES string of the molecule is COc1ccc(C(=O)N2CCC[C@@H](c3nccn3C)C2)c(OC)n1. The average Bonchev–Trinajstić information content (AvgIpc) is 3.06. The summed E-state index contributed by atoms with van der Waals surface area (Å²) in [5, 5.41) is 0. The second-order valence-corrected chi connectivity index (χ2v) is 5.90. The number of piperidine rings is 1. The number of aromatic nitrogens is 3. The van der Waals surface area contributed by atoms with Gasteiger partial charge in [-0.05, 0) is 18.9 Å². The van der Waals surface area contributed by atoms with Crippen LogP contribution < -0.4 is 9.47 Å². The number of imidazole rings is 1. The monoisotopic (exact) mass is 330 g/mol. The molecular formula is C17H22N4O3. The summed E-state index contributed by atoms with van der Waals surface area (Å²) < 4.78 is 12.4. The topological polar surface area (TPSA) is 69.5 Å². The van der Waals surface area contributed by atoms with E-state index >= 15 is 0 Å². The molecule has 1 aliphatic heterocycles. The third-order valence-electron chi connectivity index (χ3n) is 4.40. The Morgan fingerprint density at radius 2 is 2.12 bits per heavy atom. The van der Waals surface area contributed by atoms with E-state index in [1.807, 2.05) is 22.7 Å². The number of carbonyl (C=O) groups is 1. The van der Waals surface area contributed by atoms with E-state index in [0.717, 1.165) is 25.2 Å². The molecule has 3 rings (SSSR count). The van der Waals surface area contributed by atoms with Gasteiger partial charge in [-0.25, -0.2) is 4.98 Å². The molecule has 7 heteroatoms. The second-order valence-electron chi connectivity index (χ2n) is 5.90. The summed E-state index contributed by atoms with van der Waals surface area (Å²) >= 11 is 0. The van der Waals surface area contributed by atoms with E-state index in [1.165, 1.54) is 14.2 Å². The minimum absolute atomic E-state index is 0.0686. The van der Waals surface area contributed by atoms with Crippen molar-refractivity contribution in [2.75, 3.05) is 27.3 Å². The van der Waals surface area contributed by atoms with Crippen molar-refractivity contribution >= 4 is 5.91 Å². The van der Waals surface area contributed by atoms with Crippen molar-refractivity contribution in [3.63, 3.8) is 0 Å². The number of hydrogen-bond acceptors (Lipinski definition) is 5. The number of amides is 1. The maximum atomic E-state index is 12.9. The fourth-order valence-electron chi connectivity index (χ4n) is 3.17. The first kappa shape index (κ1) is 16.3. The molecule has 1 saturated heterocycles. The Balaban J connectivity index is 1.81. The van der Waals surface area contributed by atoms with Gasteiger partial charge in [-0.2, -0.15) is 4.98 Å². The highest BCUT2D eigenvalue weighted by molar-refractivity contribution is 5.96. The first-order chi connectivity index (χ1) is 11.6. The normalized spacial score (nSPS) is 17.6. The van der Waals surface area contributed by atoms with Crippen molar-refractivity contribution in [3.8, 4) is 11.8 Å². The molecule has 0 bridgehead atoms. The minimum atomic E-state index is -0.0686. The van der Waals surface area contributed by atoms with Gasteiger partial charge in [-0.1, -0.05) is 0 Å². The second kappa shape index (κ2) is 6.90. The van der Waals surface area contributed by atoms with E-state index in [1.54, 1.807) is 18.3 Å². The Morgan fingerprint density at radius 3 is 2.79 bits per heavy atom. The predicted molar refractivity (Wildman–Crippen MR) is 88.4 cm³/mol. The zero-order valence-corrected chi connectivity index (χ0v) is 14.2. The van der Waals surface area contributed by atoms with Gasteiger partial charge in [0.15, 0.2) is 0 Å². The van der Waals surface area contributed by atoms with Crippen molar-refractivity contribution in [2.24, 2.45) is 7.05 Å². The molecule has 7 nitrogen and oxygen atoms in total. The number of nitrogens with zero attached hydrogens (tertiary/aromatic N) is 4. The van der Waals surface area contributed by atoms with E-state index < -0.39 is 0 Å². The average molecular weight is 330 g/mol. The molecule has 2 aromatic rings. The van der Waals surface area contributed by atoms with Gasteiger partial charge in [0.25, 0.3) is 5.91 Å². The van der Waals surface area contributed by atoms with Crippen molar-refractivity contribution in [1.82, 2.24) is 19.4 Å². The highest BCUT2D eigenvalue weighted by Crippen LogP contribution is 2.28. The molecule has 1 amide bonds. The molecule has 128 valence electrons. The fourth-order valence-corrected chi connectivity index (χ4v) is 3.17. The number of hydrogen-bond donors (Lipinski definition) is 0. The third kappa shape index (κ3) is 3.06. The molecule has 0 unspecified atom stereocenters. The number of rotatable bonds is 4. The smallest absolute Gasteiger partial charge is 0.259 e. The Morgan fingerprint density at radius 1 is 1.29 bits per heavy atom. The number of pyridine rings is 1. The van der Waals surface area contributed by atoms with Crippen LogP contribution in [0.2, 0.25) is 0 Å². The Hall–Kier alpha value is -2.57.